The van der Waals surface area contributed by atoms with E-state index in [2.05, 4.69) is 5.32 Å². The minimum absolute atomic E-state index is 0.105. The fourth-order valence-electron chi connectivity index (χ4n) is 4.08. The molecule has 26 heavy (non-hydrogen) atoms. The van der Waals surface area contributed by atoms with E-state index in [1.807, 2.05) is 11.8 Å². The monoisotopic (exact) mass is 357 g/mol. The first-order valence-electron chi connectivity index (χ1n) is 9.42. The number of benzene rings is 1. The molecule has 1 aromatic carbocycles. The zero-order valence-corrected chi connectivity index (χ0v) is 15.0. The van der Waals surface area contributed by atoms with Crippen molar-refractivity contribution in [1.82, 2.24) is 4.90 Å². The molecule has 6 heteroatoms. The molecule has 0 unspecified atom stereocenters. The second-order valence-corrected chi connectivity index (χ2v) is 7.82. The molecular weight excluding hydrogens is 333 g/mol. The van der Waals surface area contributed by atoms with Gasteiger partial charge in [0.15, 0.2) is 0 Å². The SMILES string of the molecule is CC1=NC2(CCC(C(=O)Nc3cccc(F)c3)CC2)C(=O)N1CC1CC1. The van der Waals surface area contributed by atoms with Crippen LogP contribution in [0.2, 0.25) is 0 Å². The van der Waals surface area contributed by atoms with Crippen LogP contribution >= 0.6 is 0 Å². The number of amidine groups is 1. The largest absolute Gasteiger partial charge is 0.326 e. The summed E-state index contributed by atoms with van der Waals surface area (Å²) in [5, 5.41) is 2.78. The molecule has 1 spiro atoms. The van der Waals surface area contributed by atoms with Gasteiger partial charge in [-0.3, -0.25) is 19.5 Å². The maximum Gasteiger partial charge on any atom is 0.255 e. The lowest BCUT2D eigenvalue weighted by molar-refractivity contribution is -0.134. The lowest BCUT2D eigenvalue weighted by Crippen LogP contribution is -2.46. The van der Waals surface area contributed by atoms with E-state index in [4.69, 9.17) is 4.99 Å². The first-order valence-corrected chi connectivity index (χ1v) is 9.42. The first kappa shape index (κ1) is 17.2. The highest BCUT2D eigenvalue weighted by Crippen LogP contribution is 2.41. The molecule has 138 valence electrons. The van der Waals surface area contributed by atoms with Gasteiger partial charge in [-0.1, -0.05) is 6.07 Å². The molecule has 1 N–H and O–H groups in total. The summed E-state index contributed by atoms with van der Waals surface area (Å²) >= 11 is 0. The van der Waals surface area contributed by atoms with Gasteiger partial charge in [-0.15, -0.1) is 0 Å². The Bertz CT molecular complexity index is 764. The van der Waals surface area contributed by atoms with E-state index in [0.717, 1.165) is 12.4 Å². The van der Waals surface area contributed by atoms with Gasteiger partial charge in [0, 0.05) is 18.2 Å². The lowest BCUT2D eigenvalue weighted by Gasteiger charge is -2.33. The molecule has 1 aromatic rings. The Balaban J connectivity index is 1.37. The number of carbonyl (C=O) groups excluding carboxylic acids is 2. The van der Waals surface area contributed by atoms with Crippen LogP contribution in [-0.4, -0.2) is 34.6 Å². The number of hydrogen-bond donors (Lipinski definition) is 1. The average molecular weight is 357 g/mol. The normalized spacial score (nSPS) is 28.4. The molecule has 2 fully saturated rings. The van der Waals surface area contributed by atoms with E-state index >= 15 is 0 Å². The number of hydrogen-bond acceptors (Lipinski definition) is 3. The van der Waals surface area contributed by atoms with Crippen LogP contribution < -0.4 is 5.32 Å². The standard InChI is InChI=1S/C20H24FN3O2/c1-13-23-20(19(26)24(13)12-14-5-6-14)9-7-15(8-10-20)18(25)22-17-4-2-3-16(21)11-17/h2-4,11,14-15H,5-10,12H2,1H3,(H,22,25). The number of carbonyl (C=O) groups is 2. The second kappa shape index (κ2) is 6.49. The zero-order valence-electron chi connectivity index (χ0n) is 15.0. The maximum absolute atomic E-state index is 13.3. The summed E-state index contributed by atoms with van der Waals surface area (Å²) in [5.41, 5.74) is -0.189. The number of amides is 2. The number of halogens is 1. The van der Waals surface area contributed by atoms with Crippen LogP contribution in [0, 0.1) is 17.7 Å². The van der Waals surface area contributed by atoms with E-state index in [-0.39, 0.29) is 23.5 Å². The van der Waals surface area contributed by atoms with Crippen LogP contribution in [0.15, 0.2) is 29.3 Å². The molecule has 1 heterocycles. The molecule has 4 rings (SSSR count). The van der Waals surface area contributed by atoms with Crippen molar-refractivity contribution in [2.45, 2.75) is 51.0 Å². The van der Waals surface area contributed by atoms with Crippen molar-refractivity contribution in [3.05, 3.63) is 30.1 Å². The van der Waals surface area contributed by atoms with Crippen molar-refractivity contribution in [1.29, 1.82) is 0 Å². The topological polar surface area (TPSA) is 61.8 Å². The van der Waals surface area contributed by atoms with E-state index in [0.29, 0.717) is 37.3 Å². The molecular formula is C20H24FN3O2. The molecule has 1 aliphatic heterocycles. The maximum atomic E-state index is 13.3. The minimum atomic E-state index is -0.658. The van der Waals surface area contributed by atoms with Crippen LogP contribution in [0.3, 0.4) is 0 Å². The predicted octanol–water partition coefficient (Wildman–Crippen LogP) is 3.36. The number of nitrogens with one attached hydrogen (secondary N) is 1. The summed E-state index contributed by atoms with van der Waals surface area (Å²) in [5.74, 6) is 0.932. The highest BCUT2D eigenvalue weighted by molar-refractivity contribution is 6.07. The lowest BCUT2D eigenvalue weighted by atomic mass is 9.76. The summed E-state index contributed by atoms with van der Waals surface area (Å²) in [4.78, 5) is 32.0. The van der Waals surface area contributed by atoms with Crippen LogP contribution in [0.1, 0.15) is 45.4 Å². The minimum Gasteiger partial charge on any atom is -0.326 e. The van der Waals surface area contributed by atoms with Gasteiger partial charge in [0.25, 0.3) is 5.91 Å². The quantitative estimate of drug-likeness (QED) is 0.898. The Morgan fingerprint density at radius 1 is 1.31 bits per heavy atom. The Labute approximate surface area is 152 Å². The van der Waals surface area contributed by atoms with Gasteiger partial charge in [-0.05, 0) is 69.6 Å². The third-order valence-corrected chi connectivity index (χ3v) is 5.82. The average Bonchev–Trinajstić information content (AvgIpc) is 3.40. The second-order valence-electron chi connectivity index (χ2n) is 7.82. The summed E-state index contributed by atoms with van der Waals surface area (Å²) in [6.45, 7) is 2.71. The van der Waals surface area contributed by atoms with Gasteiger partial charge < -0.3 is 5.32 Å². The Morgan fingerprint density at radius 2 is 2.04 bits per heavy atom. The third kappa shape index (κ3) is 3.24. The molecule has 0 aromatic heterocycles. The van der Waals surface area contributed by atoms with E-state index < -0.39 is 5.54 Å². The van der Waals surface area contributed by atoms with Gasteiger partial charge in [-0.2, -0.15) is 0 Å². The fourth-order valence-corrected chi connectivity index (χ4v) is 4.08. The van der Waals surface area contributed by atoms with Gasteiger partial charge in [0.1, 0.15) is 17.2 Å². The number of nitrogens with zero attached hydrogens (tertiary/aromatic N) is 2. The van der Waals surface area contributed by atoms with Crippen LogP contribution in [0.5, 0.6) is 0 Å². The van der Waals surface area contributed by atoms with Crippen LogP contribution in [0.25, 0.3) is 0 Å². The van der Waals surface area contributed by atoms with Crippen molar-refractivity contribution in [2.24, 2.45) is 16.8 Å². The summed E-state index contributed by atoms with van der Waals surface area (Å²) in [7, 11) is 0. The first-order chi connectivity index (χ1) is 12.5. The van der Waals surface area contributed by atoms with Gasteiger partial charge in [0.05, 0.1) is 0 Å². The van der Waals surface area contributed by atoms with Crippen molar-refractivity contribution < 1.29 is 14.0 Å². The zero-order chi connectivity index (χ0) is 18.3. The number of anilines is 1. The van der Waals surface area contributed by atoms with Crippen LogP contribution in [0.4, 0.5) is 10.1 Å². The molecule has 0 radical (unpaired) electrons. The molecule has 0 saturated heterocycles. The number of rotatable bonds is 4. The molecule has 5 nitrogen and oxygen atoms in total. The van der Waals surface area contributed by atoms with E-state index in [9.17, 15) is 14.0 Å². The van der Waals surface area contributed by atoms with Crippen LogP contribution in [-0.2, 0) is 9.59 Å². The Hall–Kier alpha value is -2.24. The number of aliphatic imine (C=N–C) groups is 1. The summed E-state index contributed by atoms with van der Waals surface area (Å²) < 4.78 is 13.3. The third-order valence-electron chi connectivity index (χ3n) is 5.82. The Kier molecular flexibility index (Phi) is 4.29. The molecule has 0 bridgehead atoms. The Morgan fingerprint density at radius 3 is 2.69 bits per heavy atom. The van der Waals surface area contributed by atoms with Crippen molar-refractivity contribution >= 4 is 23.3 Å². The molecule has 2 saturated carbocycles. The van der Waals surface area contributed by atoms with Gasteiger partial charge >= 0.3 is 0 Å². The van der Waals surface area contributed by atoms with E-state index in [1.165, 1.54) is 25.0 Å². The molecule has 2 aliphatic carbocycles. The smallest absolute Gasteiger partial charge is 0.255 e. The highest BCUT2D eigenvalue weighted by atomic mass is 19.1. The fraction of sp³-hybridized carbons (Fsp3) is 0.550. The molecule has 0 atom stereocenters. The molecule has 2 amide bonds. The predicted molar refractivity (Wildman–Crippen MR) is 97.3 cm³/mol. The molecule has 3 aliphatic rings. The van der Waals surface area contributed by atoms with Gasteiger partial charge in [-0.25, -0.2) is 4.39 Å². The van der Waals surface area contributed by atoms with Crippen molar-refractivity contribution in [2.75, 3.05) is 11.9 Å². The van der Waals surface area contributed by atoms with E-state index in [1.54, 1.807) is 12.1 Å². The highest BCUT2D eigenvalue weighted by Gasteiger charge is 2.50. The summed E-state index contributed by atoms with van der Waals surface area (Å²) in [6.07, 6.45) is 4.86. The van der Waals surface area contributed by atoms with Gasteiger partial charge in [0.2, 0.25) is 5.91 Å². The van der Waals surface area contributed by atoms with Crippen molar-refractivity contribution in [3.8, 4) is 0 Å². The summed E-state index contributed by atoms with van der Waals surface area (Å²) in [6, 6.07) is 5.91. The van der Waals surface area contributed by atoms with Crippen molar-refractivity contribution in [3.63, 3.8) is 0 Å².